The number of nitrogens with one attached hydrogen (secondary N) is 1. The summed E-state index contributed by atoms with van der Waals surface area (Å²) >= 11 is 0. The maximum Gasteiger partial charge on any atom is 0.243 e. The minimum absolute atomic E-state index is 0.0440. The Morgan fingerprint density at radius 2 is 1.67 bits per heavy atom. The Bertz CT molecular complexity index is 726. The fourth-order valence-corrected chi connectivity index (χ4v) is 3.87. The van der Waals surface area contributed by atoms with Crippen LogP contribution < -0.4 is 5.32 Å². The second-order valence-corrected chi connectivity index (χ2v) is 6.82. The number of hydrogen-bond acceptors (Lipinski definition) is 2. The summed E-state index contributed by atoms with van der Waals surface area (Å²) in [7, 11) is 0. The number of rotatable bonds is 5. The third kappa shape index (κ3) is 3.00. The number of benzene rings is 2. The van der Waals surface area contributed by atoms with Crippen LogP contribution in [0.3, 0.4) is 0 Å². The highest BCUT2D eigenvalue weighted by atomic mass is 16.1. The molecule has 2 unspecified atom stereocenters. The first-order chi connectivity index (χ1) is 11.7. The fraction of sp³-hybridized carbons (Fsp3) is 0.286. The van der Waals surface area contributed by atoms with E-state index >= 15 is 0 Å². The Morgan fingerprint density at radius 3 is 2.29 bits per heavy atom. The first kappa shape index (κ1) is 15.2. The van der Waals surface area contributed by atoms with Crippen LogP contribution in [0.4, 0.5) is 0 Å². The van der Waals surface area contributed by atoms with Crippen LogP contribution in [0.25, 0.3) is 11.1 Å². The molecule has 0 spiro atoms. The zero-order valence-electron chi connectivity index (χ0n) is 13.7. The SMILES string of the molecule is C=CC(=O)NC1C2CN(Cc3ccc(-c4ccccc4)cc3)CC21. The Hall–Kier alpha value is -2.39. The highest BCUT2D eigenvalue weighted by molar-refractivity contribution is 5.87. The van der Waals surface area contributed by atoms with Crippen LogP contribution >= 0.6 is 0 Å². The first-order valence-electron chi connectivity index (χ1n) is 8.54. The predicted octanol–water partition coefficient (Wildman–Crippen LogP) is 3.09. The molecule has 2 aromatic rings. The molecule has 3 nitrogen and oxygen atoms in total. The molecular weight excluding hydrogens is 296 g/mol. The lowest BCUT2D eigenvalue weighted by molar-refractivity contribution is -0.116. The van der Waals surface area contributed by atoms with Crippen molar-refractivity contribution in [3.05, 3.63) is 72.8 Å². The molecular formula is C21H22N2O. The molecule has 2 atom stereocenters. The number of carbonyl (C=O) groups is 1. The second-order valence-electron chi connectivity index (χ2n) is 6.82. The van der Waals surface area contributed by atoms with Gasteiger partial charge in [0.2, 0.25) is 5.91 Å². The summed E-state index contributed by atoms with van der Waals surface area (Å²) in [5, 5.41) is 3.03. The van der Waals surface area contributed by atoms with Gasteiger partial charge >= 0.3 is 0 Å². The quantitative estimate of drug-likeness (QED) is 0.859. The zero-order valence-corrected chi connectivity index (χ0v) is 13.7. The van der Waals surface area contributed by atoms with Gasteiger partial charge in [0.1, 0.15) is 0 Å². The fourth-order valence-electron chi connectivity index (χ4n) is 3.87. The standard InChI is InChI=1S/C21H22N2O/c1-2-20(24)22-21-18-13-23(14-19(18)21)12-15-8-10-17(11-9-15)16-6-4-3-5-7-16/h2-11,18-19,21H,1,12-14H2,(H,22,24). The molecule has 2 fully saturated rings. The van der Waals surface area contributed by atoms with Crippen LogP contribution in [0.2, 0.25) is 0 Å². The van der Waals surface area contributed by atoms with E-state index in [4.69, 9.17) is 0 Å². The van der Waals surface area contributed by atoms with Crippen LogP contribution in [0.5, 0.6) is 0 Å². The Kier molecular flexibility index (Phi) is 3.95. The van der Waals surface area contributed by atoms with Gasteiger partial charge in [0.25, 0.3) is 0 Å². The van der Waals surface area contributed by atoms with Gasteiger partial charge in [0.05, 0.1) is 0 Å². The highest BCUT2D eigenvalue weighted by Crippen LogP contribution is 2.45. The maximum absolute atomic E-state index is 11.4. The van der Waals surface area contributed by atoms with Crippen molar-refractivity contribution in [3.63, 3.8) is 0 Å². The molecule has 1 aliphatic carbocycles. The molecule has 2 aliphatic rings. The lowest BCUT2D eigenvalue weighted by Crippen LogP contribution is -2.33. The molecule has 24 heavy (non-hydrogen) atoms. The lowest BCUT2D eigenvalue weighted by atomic mass is 10.0. The van der Waals surface area contributed by atoms with Gasteiger partial charge in [-0.05, 0) is 34.6 Å². The van der Waals surface area contributed by atoms with E-state index in [2.05, 4.69) is 65.3 Å². The average Bonchev–Trinajstić information content (AvgIpc) is 3.06. The van der Waals surface area contributed by atoms with Crippen LogP contribution in [0, 0.1) is 11.8 Å². The largest absolute Gasteiger partial charge is 0.349 e. The minimum Gasteiger partial charge on any atom is -0.349 e. The topological polar surface area (TPSA) is 32.3 Å². The summed E-state index contributed by atoms with van der Waals surface area (Å²) in [5.41, 5.74) is 3.87. The van der Waals surface area contributed by atoms with Crippen molar-refractivity contribution < 1.29 is 4.79 Å². The van der Waals surface area contributed by atoms with E-state index in [0.29, 0.717) is 17.9 Å². The van der Waals surface area contributed by atoms with Crippen LogP contribution in [-0.4, -0.2) is 29.9 Å². The molecule has 2 aromatic carbocycles. The average molecular weight is 318 g/mol. The number of fused-ring (bicyclic) bond motifs is 1. The number of nitrogens with zero attached hydrogens (tertiary/aromatic N) is 1. The van der Waals surface area contributed by atoms with Crippen molar-refractivity contribution in [2.24, 2.45) is 11.8 Å². The Labute approximate surface area is 143 Å². The Balaban J connectivity index is 1.32. The van der Waals surface area contributed by atoms with Gasteiger partial charge in [-0.25, -0.2) is 0 Å². The van der Waals surface area contributed by atoms with E-state index in [1.807, 2.05) is 6.07 Å². The molecule has 3 heteroatoms. The zero-order chi connectivity index (χ0) is 16.5. The van der Waals surface area contributed by atoms with Crippen molar-refractivity contribution in [2.75, 3.05) is 13.1 Å². The van der Waals surface area contributed by atoms with Crippen molar-refractivity contribution in [1.29, 1.82) is 0 Å². The molecule has 1 aliphatic heterocycles. The van der Waals surface area contributed by atoms with Gasteiger partial charge in [-0.15, -0.1) is 0 Å². The summed E-state index contributed by atoms with van der Waals surface area (Å²) in [6.07, 6.45) is 1.36. The summed E-state index contributed by atoms with van der Waals surface area (Å²) < 4.78 is 0. The lowest BCUT2D eigenvalue weighted by Gasteiger charge is -2.20. The van der Waals surface area contributed by atoms with E-state index in [1.54, 1.807) is 0 Å². The van der Waals surface area contributed by atoms with Crippen molar-refractivity contribution in [1.82, 2.24) is 10.2 Å². The first-order valence-corrected chi connectivity index (χ1v) is 8.54. The van der Waals surface area contributed by atoms with Crippen molar-refractivity contribution >= 4 is 5.91 Å². The number of amides is 1. The number of hydrogen-bond donors (Lipinski definition) is 1. The van der Waals surface area contributed by atoms with Crippen LogP contribution in [-0.2, 0) is 11.3 Å². The van der Waals surface area contributed by atoms with E-state index < -0.39 is 0 Å². The second kappa shape index (κ2) is 6.25. The summed E-state index contributed by atoms with van der Waals surface area (Å²) in [4.78, 5) is 13.9. The molecule has 1 heterocycles. The molecule has 1 amide bonds. The number of piperidine rings is 1. The predicted molar refractivity (Wildman–Crippen MR) is 96.3 cm³/mol. The van der Waals surface area contributed by atoms with Crippen LogP contribution in [0.15, 0.2) is 67.3 Å². The minimum atomic E-state index is -0.0440. The maximum atomic E-state index is 11.4. The van der Waals surface area contributed by atoms with Gasteiger partial charge in [-0.3, -0.25) is 9.69 Å². The summed E-state index contributed by atoms with van der Waals surface area (Å²) in [5.74, 6) is 1.20. The van der Waals surface area contributed by atoms with Gasteiger partial charge in [0.15, 0.2) is 0 Å². The summed E-state index contributed by atoms with van der Waals surface area (Å²) in [6.45, 7) is 6.66. The molecule has 0 radical (unpaired) electrons. The molecule has 1 saturated carbocycles. The van der Waals surface area contributed by atoms with Crippen LogP contribution in [0.1, 0.15) is 5.56 Å². The number of likely N-dealkylation sites (tertiary alicyclic amines) is 1. The van der Waals surface area contributed by atoms with Gasteiger partial charge in [-0.1, -0.05) is 61.2 Å². The van der Waals surface area contributed by atoms with E-state index in [0.717, 1.165) is 19.6 Å². The van der Waals surface area contributed by atoms with E-state index in [1.165, 1.54) is 22.8 Å². The highest BCUT2D eigenvalue weighted by Gasteiger charge is 2.55. The van der Waals surface area contributed by atoms with Crippen molar-refractivity contribution in [2.45, 2.75) is 12.6 Å². The van der Waals surface area contributed by atoms with Crippen molar-refractivity contribution in [3.8, 4) is 11.1 Å². The molecule has 122 valence electrons. The molecule has 4 rings (SSSR count). The molecule has 1 saturated heterocycles. The van der Waals surface area contributed by atoms with E-state index in [-0.39, 0.29) is 5.91 Å². The van der Waals surface area contributed by atoms with Gasteiger partial charge in [-0.2, -0.15) is 0 Å². The van der Waals surface area contributed by atoms with Gasteiger partial charge < -0.3 is 5.32 Å². The molecule has 1 N–H and O–H groups in total. The molecule has 0 aromatic heterocycles. The molecule has 0 bridgehead atoms. The Morgan fingerprint density at radius 1 is 1.04 bits per heavy atom. The third-order valence-electron chi connectivity index (χ3n) is 5.23. The van der Waals surface area contributed by atoms with E-state index in [9.17, 15) is 4.79 Å². The summed E-state index contributed by atoms with van der Waals surface area (Å²) in [6, 6.07) is 19.7. The monoisotopic (exact) mass is 318 g/mol. The number of carbonyl (C=O) groups excluding carboxylic acids is 1. The van der Waals surface area contributed by atoms with Gasteiger partial charge in [0, 0.05) is 25.7 Å². The third-order valence-corrected chi connectivity index (χ3v) is 5.23. The normalized spacial score (nSPS) is 25.1. The smallest absolute Gasteiger partial charge is 0.243 e.